The lowest BCUT2D eigenvalue weighted by atomic mass is 10.2. The molecule has 96 valence electrons. The minimum Gasteiger partial charge on any atom is -0.351 e. The Bertz CT molecular complexity index is 284. The van der Waals surface area contributed by atoms with Gasteiger partial charge in [-0.15, -0.1) is 0 Å². The van der Waals surface area contributed by atoms with Gasteiger partial charge in [0.2, 0.25) is 0 Å². The van der Waals surface area contributed by atoms with Gasteiger partial charge in [-0.05, 0) is 26.3 Å². The average Bonchev–Trinajstić information content (AvgIpc) is 2.37. The van der Waals surface area contributed by atoms with Crippen molar-refractivity contribution >= 4 is 0 Å². The molecule has 0 amide bonds. The molecule has 0 spiro atoms. The first kappa shape index (κ1) is 14.2. The highest BCUT2D eigenvalue weighted by Gasteiger charge is 2.16. The van der Waals surface area contributed by atoms with Gasteiger partial charge in [0, 0.05) is 19.8 Å². The molecule has 0 aromatic heterocycles. The van der Waals surface area contributed by atoms with Crippen LogP contribution in [0.5, 0.6) is 0 Å². The van der Waals surface area contributed by atoms with Crippen molar-refractivity contribution in [3.63, 3.8) is 0 Å². The second kappa shape index (κ2) is 8.23. The molecule has 0 bridgehead atoms. The van der Waals surface area contributed by atoms with Crippen LogP contribution in [0, 0.1) is 0 Å². The van der Waals surface area contributed by atoms with Crippen molar-refractivity contribution in [2.24, 2.45) is 0 Å². The van der Waals surface area contributed by atoms with Crippen molar-refractivity contribution in [1.82, 2.24) is 5.32 Å². The molecule has 1 rings (SSSR count). The van der Waals surface area contributed by atoms with Gasteiger partial charge >= 0.3 is 0 Å². The van der Waals surface area contributed by atoms with Gasteiger partial charge in [0.25, 0.3) is 0 Å². The zero-order valence-electron chi connectivity index (χ0n) is 11.0. The first-order chi connectivity index (χ1) is 8.27. The average molecular weight is 237 g/mol. The molecule has 0 saturated carbocycles. The summed E-state index contributed by atoms with van der Waals surface area (Å²) in [6.45, 7) is 8.22. The third-order valence-electron chi connectivity index (χ3n) is 2.54. The van der Waals surface area contributed by atoms with Crippen LogP contribution in [0.4, 0.5) is 0 Å². The molecule has 3 nitrogen and oxygen atoms in total. The normalized spacial score (nSPS) is 12.9. The van der Waals surface area contributed by atoms with E-state index >= 15 is 0 Å². The monoisotopic (exact) mass is 237 g/mol. The van der Waals surface area contributed by atoms with Crippen LogP contribution in [-0.4, -0.2) is 25.5 Å². The molecule has 0 fully saturated rings. The van der Waals surface area contributed by atoms with E-state index < -0.39 is 0 Å². The molecule has 0 heterocycles. The highest BCUT2D eigenvalue weighted by Crippen LogP contribution is 2.04. The number of benzene rings is 1. The lowest BCUT2D eigenvalue weighted by Crippen LogP contribution is -2.40. The number of hydrogen-bond acceptors (Lipinski definition) is 3. The standard InChI is InChI=1S/C14H23NO2/c1-4-16-14(17-5-2)12(3)15-11-13-9-7-6-8-10-13/h6-10,12,14-15H,4-5,11H2,1-3H3/t12-/m0/s1. The maximum absolute atomic E-state index is 5.55. The number of rotatable bonds is 8. The summed E-state index contributed by atoms with van der Waals surface area (Å²) in [4.78, 5) is 0. The third-order valence-corrected chi connectivity index (χ3v) is 2.54. The maximum Gasteiger partial charge on any atom is 0.172 e. The molecule has 17 heavy (non-hydrogen) atoms. The topological polar surface area (TPSA) is 30.5 Å². The number of ether oxygens (including phenoxy) is 2. The molecular formula is C14H23NO2. The first-order valence-electron chi connectivity index (χ1n) is 6.28. The molecule has 1 atom stereocenters. The molecule has 3 heteroatoms. The van der Waals surface area contributed by atoms with Crippen LogP contribution in [0.15, 0.2) is 30.3 Å². The van der Waals surface area contributed by atoms with E-state index in [2.05, 4.69) is 24.4 Å². The maximum atomic E-state index is 5.55. The van der Waals surface area contributed by atoms with Crippen molar-refractivity contribution in [3.05, 3.63) is 35.9 Å². The number of nitrogens with one attached hydrogen (secondary N) is 1. The quantitative estimate of drug-likeness (QED) is 0.705. The van der Waals surface area contributed by atoms with Gasteiger partial charge in [-0.3, -0.25) is 0 Å². The van der Waals surface area contributed by atoms with Crippen LogP contribution >= 0.6 is 0 Å². The fourth-order valence-corrected chi connectivity index (χ4v) is 1.64. The molecule has 1 N–H and O–H groups in total. The lowest BCUT2D eigenvalue weighted by Gasteiger charge is -2.24. The van der Waals surface area contributed by atoms with Crippen molar-refractivity contribution in [2.75, 3.05) is 13.2 Å². The Labute approximate surface area is 104 Å². The summed E-state index contributed by atoms with van der Waals surface area (Å²) in [6.07, 6.45) is -0.172. The Kier molecular flexibility index (Phi) is 6.86. The van der Waals surface area contributed by atoms with Gasteiger partial charge in [0.1, 0.15) is 0 Å². The smallest absolute Gasteiger partial charge is 0.172 e. The minimum absolute atomic E-state index is 0.172. The van der Waals surface area contributed by atoms with Crippen LogP contribution in [0.25, 0.3) is 0 Å². The van der Waals surface area contributed by atoms with Crippen LogP contribution in [0.1, 0.15) is 26.3 Å². The van der Waals surface area contributed by atoms with Crippen molar-refractivity contribution in [2.45, 2.75) is 39.6 Å². The Hall–Kier alpha value is -0.900. The van der Waals surface area contributed by atoms with Crippen LogP contribution < -0.4 is 5.32 Å². The van der Waals surface area contributed by atoms with E-state index in [9.17, 15) is 0 Å². The summed E-state index contributed by atoms with van der Waals surface area (Å²) in [5, 5.41) is 3.42. The molecule has 0 unspecified atom stereocenters. The van der Waals surface area contributed by atoms with E-state index in [1.165, 1.54) is 5.56 Å². The molecule has 0 saturated heterocycles. The zero-order valence-corrected chi connectivity index (χ0v) is 11.0. The molecule has 0 aliphatic carbocycles. The third kappa shape index (κ3) is 5.31. The fraction of sp³-hybridized carbons (Fsp3) is 0.571. The summed E-state index contributed by atoms with van der Waals surface area (Å²) in [7, 11) is 0. The largest absolute Gasteiger partial charge is 0.351 e. The molecular weight excluding hydrogens is 214 g/mol. The summed E-state index contributed by atoms with van der Waals surface area (Å²) in [5.74, 6) is 0. The summed E-state index contributed by atoms with van der Waals surface area (Å²) in [5.41, 5.74) is 1.27. The molecule has 0 radical (unpaired) electrons. The Balaban J connectivity index is 2.38. The molecule has 0 aliphatic heterocycles. The first-order valence-corrected chi connectivity index (χ1v) is 6.28. The Morgan fingerprint density at radius 2 is 1.65 bits per heavy atom. The van der Waals surface area contributed by atoms with Gasteiger partial charge in [-0.25, -0.2) is 0 Å². The van der Waals surface area contributed by atoms with E-state index in [1.54, 1.807) is 0 Å². The van der Waals surface area contributed by atoms with Gasteiger partial charge in [0.15, 0.2) is 6.29 Å². The number of hydrogen-bond donors (Lipinski definition) is 1. The van der Waals surface area contributed by atoms with Gasteiger partial charge in [-0.2, -0.15) is 0 Å². The van der Waals surface area contributed by atoms with E-state index in [0.717, 1.165) is 6.54 Å². The Morgan fingerprint density at radius 3 is 2.18 bits per heavy atom. The van der Waals surface area contributed by atoms with E-state index in [-0.39, 0.29) is 12.3 Å². The molecule has 0 aliphatic rings. The van der Waals surface area contributed by atoms with Crippen molar-refractivity contribution in [1.29, 1.82) is 0 Å². The van der Waals surface area contributed by atoms with Gasteiger partial charge in [0.05, 0.1) is 6.04 Å². The highest BCUT2D eigenvalue weighted by molar-refractivity contribution is 5.14. The molecule has 1 aromatic carbocycles. The Morgan fingerprint density at radius 1 is 1.06 bits per heavy atom. The zero-order chi connectivity index (χ0) is 12.5. The predicted octanol–water partition coefficient (Wildman–Crippen LogP) is 2.56. The van der Waals surface area contributed by atoms with Crippen LogP contribution in [0.3, 0.4) is 0 Å². The van der Waals surface area contributed by atoms with Gasteiger partial charge < -0.3 is 14.8 Å². The second-order valence-electron chi connectivity index (χ2n) is 3.93. The SMILES string of the molecule is CCOC(OCC)[C@H](C)NCc1ccccc1. The fourth-order valence-electron chi connectivity index (χ4n) is 1.64. The lowest BCUT2D eigenvalue weighted by molar-refractivity contribution is -0.151. The predicted molar refractivity (Wildman–Crippen MR) is 69.8 cm³/mol. The highest BCUT2D eigenvalue weighted by atomic mass is 16.7. The van der Waals surface area contributed by atoms with Crippen LogP contribution in [0.2, 0.25) is 0 Å². The summed E-state index contributed by atoms with van der Waals surface area (Å²) in [6, 6.07) is 10.5. The van der Waals surface area contributed by atoms with Crippen molar-refractivity contribution < 1.29 is 9.47 Å². The van der Waals surface area contributed by atoms with Crippen LogP contribution in [-0.2, 0) is 16.0 Å². The van der Waals surface area contributed by atoms with Gasteiger partial charge in [-0.1, -0.05) is 30.3 Å². The van der Waals surface area contributed by atoms with E-state index in [0.29, 0.717) is 13.2 Å². The van der Waals surface area contributed by atoms with E-state index in [1.807, 2.05) is 32.0 Å². The minimum atomic E-state index is -0.172. The summed E-state index contributed by atoms with van der Waals surface area (Å²) < 4.78 is 11.1. The second-order valence-corrected chi connectivity index (χ2v) is 3.93. The van der Waals surface area contributed by atoms with Crippen molar-refractivity contribution in [3.8, 4) is 0 Å². The van der Waals surface area contributed by atoms with E-state index in [4.69, 9.17) is 9.47 Å². The molecule has 1 aromatic rings. The summed E-state index contributed by atoms with van der Waals surface area (Å²) >= 11 is 0.